The zero-order valence-electron chi connectivity index (χ0n) is 15.7. The molecule has 1 aromatic carbocycles. The van der Waals surface area contributed by atoms with Gasteiger partial charge in [0.05, 0.1) is 18.1 Å². The summed E-state index contributed by atoms with van der Waals surface area (Å²) in [5.41, 5.74) is 1.42. The van der Waals surface area contributed by atoms with Crippen LogP contribution < -0.4 is 4.74 Å². The molecule has 27 heavy (non-hydrogen) atoms. The Morgan fingerprint density at radius 3 is 2.52 bits per heavy atom. The third kappa shape index (κ3) is 3.60. The predicted molar refractivity (Wildman–Crippen MR) is 103 cm³/mol. The lowest BCUT2D eigenvalue weighted by molar-refractivity contribution is -0.134. The van der Waals surface area contributed by atoms with Gasteiger partial charge in [0.25, 0.3) is 0 Å². The van der Waals surface area contributed by atoms with Crippen LogP contribution in [0.2, 0.25) is 0 Å². The first-order valence-corrected chi connectivity index (χ1v) is 10.3. The van der Waals surface area contributed by atoms with Crippen LogP contribution >= 0.6 is 0 Å². The number of amides is 1. The second kappa shape index (κ2) is 6.70. The normalized spacial score (nSPS) is 21.9. The fraction of sp³-hybridized carbons (Fsp3) is 0.545. The van der Waals surface area contributed by atoms with Crippen LogP contribution in [0.5, 0.6) is 5.75 Å². The van der Waals surface area contributed by atoms with Crippen LogP contribution in [0.3, 0.4) is 0 Å². The monoisotopic (exact) mass is 365 g/mol. The van der Waals surface area contributed by atoms with Gasteiger partial charge >= 0.3 is 0 Å². The molecule has 5 heteroatoms. The summed E-state index contributed by atoms with van der Waals surface area (Å²) in [7, 11) is 0. The Morgan fingerprint density at radius 2 is 1.85 bits per heavy atom. The van der Waals surface area contributed by atoms with Crippen molar-refractivity contribution in [1.29, 1.82) is 0 Å². The number of hydrogen-bond donors (Lipinski definition) is 0. The van der Waals surface area contributed by atoms with Crippen molar-refractivity contribution in [2.45, 2.75) is 51.0 Å². The van der Waals surface area contributed by atoms with Gasteiger partial charge in [0.1, 0.15) is 6.10 Å². The summed E-state index contributed by atoms with van der Waals surface area (Å²) in [5, 5.41) is 4.39. The number of aromatic nitrogens is 2. The summed E-state index contributed by atoms with van der Waals surface area (Å²) in [6.07, 6.45) is 11.7. The van der Waals surface area contributed by atoms with Crippen molar-refractivity contribution in [3.63, 3.8) is 0 Å². The summed E-state index contributed by atoms with van der Waals surface area (Å²) in [6.45, 7) is 1.63. The molecule has 2 aromatic rings. The largest absolute Gasteiger partial charge is 0.487 e. The van der Waals surface area contributed by atoms with Crippen molar-refractivity contribution in [2.75, 3.05) is 13.1 Å². The molecule has 0 unspecified atom stereocenters. The second-order valence-electron chi connectivity index (χ2n) is 8.47. The van der Waals surface area contributed by atoms with Gasteiger partial charge in [-0.1, -0.05) is 18.2 Å². The molecule has 2 saturated carbocycles. The van der Waals surface area contributed by atoms with E-state index in [0.29, 0.717) is 11.3 Å². The lowest BCUT2D eigenvalue weighted by Gasteiger charge is -2.33. The molecule has 5 nitrogen and oxygen atoms in total. The maximum atomic E-state index is 12.7. The number of carbonyl (C=O) groups excluding carboxylic acids is 1. The molecule has 0 radical (unpaired) electrons. The van der Waals surface area contributed by atoms with Gasteiger partial charge in [-0.15, -0.1) is 0 Å². The number of carbonyl (C=O) groups is 1. The highest BCUT2D eigenvalue weighted by molar-refractivity contribution is 5.77. The molecule has 1 aromatic heterocycles. The van der Waals surface area contributed by atoms with Gasteiger partial charge in [0, 0.05) is 32.4 Å². The minimum atomic E-state index is 0.167. The standard InChI is InChI=1S/C22H27N3O2/c26-21(14-22(10-11-22)17-6-7-17)24-12-8-19(9-13-24)27-20-15-23-25(16-20)18-4-2-1-3-5-18/h1-5,15-17,19H,6-14H2. The smallest absolute Gasteiger partial charge is 0.223 e. The molecular weight excluding hydrogens is 338 g/mol. The highest BCUT2D eigenvalue weighted by Gasteiger charge is 2.54. The molecule has 1 amide bonds. The Hall–Kier alpha value is -2.30. The van der Waals surface area contributed by atoms with Crippen LogP contribution in [-0.4, -0.2) is 39.8 Å². The highest BCUT2D eigenvalue weighted by Crippen LogP contribution is 2.63. The molecular formula is C22H27N3O2. The van der Waals surface area contributed by atoms with Crippen molar-refractivity contribution in [1.82, 2.24) is 14.7 Å². The number of piperidine rings is 1. The van der Waals surface area contributed by atoms with Gasteiger partial charge in [-0.2, -0.15) is 5.10 Å². The number of nitrogens with zero attached hydrogens (tertiary/aromatic N) is 3. The summed E-state index contributed by atoms with van der Waals surface area (Å²) < 4.78 is 7.96. The fourth-order valence-electron chi connectivity index (χ4n) is 4.50. The van der Waals surface area contributed by atoms with Gasteiger partial charge in [-0.3, -0.25) is 4.79 Å². The first-order chi connectivity index (χ1) is 13.2. The van der Waals surface area contributed by atoms with Crippen LogP contribution in [0.25, 0.3) is 5.69 Å². The van der Waals surface area contributed by atoms with Crippen LogP contribution in [0, 0.1) is 11.3 Å². The second-order valence-corrected chi connectivity index (χ2v) is 8.47. The quantitative estimate of drug-likeness (QED) is 0.782. The molecule has 0 spiro atoms. The molecule has 0 bridgehead atoms. The first kappa shape index (κ1) is 16.8. The molecule has 142 valence electrons. The van der Waals surface area contributed by atoms with E-state index in [9.17, 15) is 4.79 Å². The molecule has 3 aliphatic rings. The molecule has 1 aliphatic heterocycles. The van der Waals surface area contributed by atoms with E-state index < -0.39 is 0 Å². The first-order valence-electron chi connectivity index (χ1n) is 10.3. The zero-order chi connectivity index (χ0) is 18.3. The highest BCUT2D eigenvalue weighted by atomic mass is 16.5. The lowest BCUT2D eigenvalue weighted by atomic mass is 9.95. The Labute approximate surface area is 160 Å². The van der Waals surface area contributed by atoms with Gasteiger partial charge < -0.3 is 9.64 Å². The van der Waals surface area contributed by atoms with Crippen LogP contribution in [0.1, 0.15) is 44.9 Å². The van der Waals surface area contributed by atoms with Crippen molar-refractivity contribution in [3.05, 3.63) is 42.7 Å². The topological polar surface area (TPSA) is 47.4 Å². The third-order valence-electron chi connectivity index (χ3n) is 6.52. The number of para-hydroxylation sites is 1. The van der Waals surface area contributed by atoms with E-state index >= 15 is 0 Å². The van der Waals surface area contributed by atoms with Crippen LogP contribution in [0.4, 0.5) is 0 Å². The zero-order valence-corrected chi connectivity index (χ0v) is 15.7. The molecule has 3 fully saturated rings. The Kier molecular flexibility index (Phi) is 4.18. The van der Waals surface area contributed by atoms with E-state index in [0.717, 1.165) is 49.7 Å². The van der Waals surface area contributed by atoms with E-state index in [4.69, 9.17) is 4.74 Å². The van der Waals surface area contributed by atoms with Crippen molar-refractivity contribution >= 4 is 5.91 Å². The van der Waals surface area contributed by atoms with E-state index in [1.54, 1.807) is 6.20 Å². The fourth-order valence-corrected chi connectivity index (χ4v) is 4.50. The molecule has 2 aliphatic carbocycles. The van der Waals surface area contributed by atoms with Gasteiger partial charge in [-0.05, 0) is 49.1 Å². The Balaban J connectivity index is 1.12. The summed E-state index contributed by atoms with van der Waals surface area (Å²) in [4.78, 5) is 14.7. The van der Waals surface area contributed by atoms with E-state index in [2.05, 4.69) is 10.00 Å². The summed E-state index contributed by atoms with van der Waals surface area (Å²) in [6, 6.07) is 10.0. The lowest BCUT2D eigenvalue weighted by Crippen LogP contribution is -2.42. The minimum Gasteiger partial charge on any atom is -0.487 e. The number of rotatable bonds is 6. The van der Waals surface area contributed by atoms with Crippen LogP contribution in [-0.2, 0) is 4.79 Å². The van der Waals surface area contributed by atoms with Crippen molar-refractivity contribution in [2.24, 2.45) is 11.3 Å². The number of benzene rings is 1. The van der Waals surface area contributed by atoms with Crippen molar-refractivity contribution < 1.29 is 9.53 Å². The molecule has 1 saturated heterocycles. The van der Waals surface area contributed by atoms with Crippen LogP contribution in [0.15, 0.2) is 42.7 Å². The average molecular weight is 365 g/mol. The van der Waals surface area contributed by atoms with E-state index in [1.807, 2.05) is 41.2 Å². The van der Waals surface area contributed by atoms with Gasteiger partial charge in [-0.25, -0.2) is 4.68 Å². The van der Waals surface area contributed by atoms with Gasteiger partial charge in [0.15, 0.2) is 5.75 Å². The molecule has 5 rings (SSSR count). The number of ether oxygens (including phenoxy) is 1. The predicted octanol–water partition coefficient (Wildman–Crippen LogP) is 3.82. The Morgan fingerprint density at radius 1 is 1.11 bits per heavy atom. The van der Waals surface area contributed by atoms with E-state index in [1.165, 1.54) is 25.7 Å². The average Bonchev–Trinajstić information content (AvgIpc) is 3.62. The minimum absolute atomic E-state index is 0.167. The Bertz CT molecular complexity index is 800. The molecule has 0 atom stereocenters. The summed E-state index contributed by atoms with van der Waals surface area (Å²) >= 11 is 0. The maximum Gasteiger partial charge on any atom is 0.223 e. The van der Waals surface area contributed by atoms with Crippen molar-refractivity contribution in [3.8, 4) is 11.4 Å². The molecule has 0 N–H and O–H groups in total. The SMILES string of the molecule is O=C(CC1(C2CC2)CC1)N1CCC(Oc2cnn(-c3ccccc3)c2)CC1. The van der Waals surface area contributed by atoms with E-state index in [-0.39, 0.29) is 6.10 Å². The summed E-state index contributed by atoms with van der Waals surface area (Å²) in [5.74, 6) is 2.02. The third-order valence-corrected chi connectivity index (χ3v) is 6.52. The molecule has 2 heterocycles. The van der Waals surface area contributed by atoms with Gasteiger partial charge in [0.2, 0.25) is 5.91 Å². The number of hydrogen-bond acceptors (Lipinski definition) is 3. The maximum absolute atomic E-state index is 12.7. The number of likely N-dealkylation sites (tertiary alicyclic amines) is 1.